The van der Waals surface area contributed by atoms with Crippen LogP contribution in [-0.2, 0) is 0 Å². The SMILES string of the molecule is Cc1ccc2ccccc2c1-c1cccs1. The molecule has 0 unspecified atom stereocenters. The number of hydrogen-bond donors (Lipinski definition) is 0. The molecule has 16 heavy (non-hydrogen) atoms. The zero-order valence-corrected chi connectivity index (χ0v) is 9.92. The van der Waals surface area contributed by atoms with Gasteiger partial charge in [0.05, 0.1) is 0 Å². The predicted molar refractivity (Wildman–Crippen MR) is 72.0 cm³/mol. The van der Waals surface area contributed by atoms with E-state index < -0.39 is 0 Å². The molecule has 3 rings (SSSR count). The van der Waals surface area contributed by atoms with Gasteiger partial charge in [0.1, 0.15) is 0 Å². The molecule has 0 aliphatic carbocycles. The molecule has 0 aliphatic heterocycles. The highest BCUT2D eigenvalue weighted by atomic mass is 32.1. The highest BCUT2D eigenvalue weighted by Gasteiger charge is 2.07. The lowest BCUT2D eigenvalue weighted by Gasteiger charge is -2.08. The van der Waals surface area contributed by atoms with Gasteiger partial charge in [-0.25, -0.2) is 0 Å². The fraction of sp³-hybridized carbons (Fsp3) is 0.0667. The molecular weight excluding hydrogens is 212 g/mol. The van der Waals surface area contributed by atoms with E-state index in [0.717, 1.165) is 0 Å². The largest absolute Gasteiger partial charge is 0.144 e. The van der Waals surface area contributed by atoms with E-state index in [1.165, 1.54) is 26.8 Å². The molecule has 0 N–H and O–H groups in total. The van der Waals surface area contributed by atoms with Gasteiger partial charge < -0.3 is 0 Å². The molecular formula is C15H12S. The summed E-state index contributed by atoms with van der Waals surface area (Å²) in [6.07, 6.45) is 0. The second-order valence-electron chi connectivity index (χ2n) is 3.96. The van der Waals surface area contributed by atoms with Crippen molar-refractivity contribution in [3.8, 4) is 10.4 Å². The van der Waals surface area contributed by atoms with Gasteiger partial charge in [-0.3, -0.25) is 0 Å². The smallest absolute Gasteiger partial charge is 0.0351 e. The first-order chi connectivity index (χ1) is 7.86. The first-order valence-corrected chi connectivity index (χ1v) is 6.26. The van der Waals surface area contributed by atoms with Crippen LogP contribution >= 0.6 is 11.3 Å². The van der Waals surface area contributed by atoms with Crippen LogP contribution in [0.15, 0.2) is 53.9 Å². The van der Waals surface area contributed by atoms with Crippen LogP contribution < -0.4 is 0 Å². The lowest BCUT2D eigenvalue weighted by Crippen LogP contribution is -1.83. The van der Waals surface area contributed by atoms with E-state index in [0.29, 0.717) is 0 Å². The van der Waals surface area contributed by atoms with Crippen molar-refractivity contribution < 1.29 is 0 Å². The molecule has 0 fully saturated rings. The number of benzene rings is 2. The van der Waals surface area contributed by atoms with Crippen molar-refractivity contribution in [1.29, 1.82) is 0 Å². The summed E-state index contributed by atoms with van der Waals surface area (Å²) in [4.78, 5) is 1.36. The minimum atomic E-state index is 1.32. The average molecular weight is 224 g/mol. The van der Waals surface area contributed by atoms with E-state index in [1.54, 1.807) is 11.3 Å². The van der Waals surface area contributed by atoms with E-state index in [9.17, 15) is 0 Å². The monoisotopic (exact) mass is 224 g/mol. The molecule has 78 valence electrons. The van der Waals surface area contributed by atoms with Gasteiger partial charge in [-0.2, -0.15) is 0 Å². The molecule has 1 aromatic heterocycles. The number of thiophene rings is 1. The second-order valence-corrected chi connectivity index (χ2v) is 4.90. The summed E-state index contributed by atoms with van der Waals surface area (Å²) in [6, 6.07) is 17.3. The first-order valence-electron chi connectivity index (χ1n) is 5.38. The summed E-state index contributed by atoms with van der Waals surface area (Å²) in [5.41, 5.74) is 2.73. The molecule has 0 radical (unpaired) electrons. The van der Waals surface area contributed by atoms with Crippen LogP contribution in [0.2, 0.25) is 0 Å². The van der Waals surface area contributed by atoms with Gasteiger partial charge in [-0.15, -0.1) is 11.3 Å². The maximum Gasteiger partial charge on any atom is 0.0351 e. The standard InChI is InChI=1S/C15H12S/c1-11-8-9-12-5-2-3-6-13(12)15(11)14-7-4-10-16-14/h2-10H,1H3. The molecule has 0 nitrogen and oxygen atoms in total. The van der Waals surface area contributed by atoms with Crippen LogP contribution in [0.1, 0.15) is 5.56 Å². The molecule has 2 aromatic carbocycles. The van der Waals surface area contributed by atoms with Crippen molar-refractivity contribution >= 4 is 22.1 Å². The number of aryl methyl sites for hydroxylation is 1. The fourth-order valence-corrected chi connectivity index (χ4v) is 2.98. The van der Waals surface area contributed by atoms with Crippen LogP contribution in [0.3, 0.4) is 0 Å². The Labute approximate surface area is 99.2 Å². The molecule has 0 saturated heterocycles. The van der Waals surface area contributed by atoms with E-state index in [4.69, 9.17) is 0 Å². The molecule has 0 saturated carbocycles. The minimum Gasteiger partial charge on any atom is -0.144 e. The van der Waals surface area contributed by atoms with Crippen molar-refractivity contribution in [2.45, 2.75) is 6.92 Å². The molecule has 3 aromatic rings. The van der Waals surface area contributed by atoms with E-state index >= 15 is 0 Å². The van der Waals surface area contributed by atoms with E-state index in [2.05, 4.69) is 60.8 Å². The molecule has 1 heterocycles. The Balaban J connectivity index is 2.42. The summed E-state index contributed by atoms with van der Waals surface area (Å²) in [6.45, 7) is 2.18. The predicted octanol–water partition coefficient (Wildman–Crippen LogP) is 4.88. The van der Waals surface area contributed by atoms with Gasteiger partial charge >= 0.3 is 0 Å². The van der Waals surface area contributed by atoms with Gasteiger partial charge in [0.15, 0.2) is 0 Å². The average Bonchev–Trinajstić information content (AvgIpc) is 2.82. The van der Waals surface area contributed by atoms with Crippen LogP contribution in [0, 0.1) is 6.92 Å². The van der Waals surface area contributed by atoms with Crippen molar-refractivity contribution in [3.63, 3.8) is 0 Å². The third kappa shape index (κ3) is 1.44. The Bertz CT molecular complexity index is 621. The van der Waals surface area contributed by atoms with Crippen molar-refractivity contribution in [2.75, 3.05) is 0 Å². The first kappa shape index (κ1) is 9.61. The Kier molecular flexibility index (Phi) is 2.26. The molecule has 0 amide bonds. The highest BCUT2D eigenvalue weighted by Crippen LogP contribution is 2.34. The Hall–Kier alpha value is -1.60. The molecule has 0 atom stereocenters. The fourth-order valence-electron chi connectivity index (χ4n) is 2.13. The summed E-state index contributed by atoms with van der Waals surface area (Å²) < 4.78 is 0. The maximum atomic E-state index is 2.21. The third-order valence-corrected chi connectivity index (χ3v) is 3.79. The van der Waals surface area contributed by atoms with E-state index in [-0.39, 0.29) is 0 Å². The third-order valence-electron chi connectivity index (χ3n) is 2.90. The zero-order valence-electron chi connectivity index (χ0n) is 9.10. The number of hydrogen-bond acceptors (Lipinski definition) is 1. The summed E-state index contributed by atoms with van der Waals surface area (Å²) in [5, 5.41) is 4.80. The van der Waals surface area contributed by atoms with Crippen molar-refractivity contribution in [3.05, 3.63) is 59.5 Å². The molecule has 0 bridgehead atoms. The number of rotatable bonds is 1. The molecule has 0 aliphatic rings. The summed E-state index contributed by atoms with van der Waals surface area (Å²) in [5.74, 6) is 0. The lowest BCUT2D eigenvalue weighted by molar-refractivity contribution is 1.51. The minimum absolute atomic E-state index is 1.32. The summed E-state index contributed by atoms with van der Waals surface area (Å²) in [7, 11) is 0. The molecule has 1 heteroatoms. The van der Waals surface area contributed by atoms with Crippen molar-refractivity contribution in [2.24, 2.45) is 0 Å². The van der Waals surface area contributed by atoms with Crippen LogP contribution in [0.4, 0.5) is 0 Å². The van der Waals surface area contributed by atoms with Gasteiger partial charge in [0.25, 0.3) is 0 Å². The Morgan fingerprint density at radius 2 is 1.75 bits per heavy atom. The van der Waals surface area contributed by atoms with Gasteiger partial charge in [-0.05, 0) is 34.7 Å². The quantitative estimate of drug-likeness (QED) is 0.553. The topological polar surface area (TPSA) is 0 Å². The van der Waals surface area contributed by atoms with E-state index in [1.807, 2.05) is 0 Å². The Morgan fingerprint density at radius 3 is 2.56 bits per heavy atom. The van der Waals surface area contributed by atoms with Crippen molar-refractivity contribution in [1.82, 2.24) is 0 Å². The van der Waals surface area contributed by atoms with Crippen LogP contribution in [0.5, 0.6) is 0 Å². The normalized spacial score (nSPS) is 10.8. The highest BCUT2D eigenvalue weighted by molar-refractivity contribution is 7.13. The zero-order chi connectivity index (χ0) is 11.0. The van der Waals surface area contributed by atoms with Crippen LogP contribution in [0.25, 0.3) is 21.2 Å². The van der Waals surface area contributed by atoms with Gasteiger partial charge in [0, 0.05) is 10.4 Å². The Morgan fingerprint density at radius 1 is 0.875 bits per heavy atom. The van der Waals surface area contributed by atoms with Gasteiger partial charge in [0.2, 0.25) is 0 Å². The maximum absolute atomic E-state index is 2.21. The van der Waals surface area contributed by atoms with Crippen LogP contribution in [-0.4, -0.2) is 0 Å². The number of fused-ring (bicyclic) bond motifs is 1. The second kappa shape index (κ2) is 3.76. The summed E-state index contributed by atoms with van der Waals surface area (Å²) >= 11 is 1.81. The lowest BCUT2D eigenvalue weighted by atomic mass is 9.99. The molecule has 0 spiro atoms. The van der Waals surface area contributed by atoms with Gasteiger partial charge in [-0.1, -0.05) is 42.5 Å².